The molecule has 0 aliphatic heterocycles. The summed E-state index contributed by atoms with van der Waals surface area (Å²) < 4.78 is 5.35. The highest BCUT2D eigenvalue weighted by molar-refractivity contribution is 5.62. The van der Waals surface area contributed by atoms with E-state index in [1.807, 2.05) is 0 Å². The van der Waals surface area contributed by atoms with Crippen molar-refractivity contribution in [3.05, 3.63) is 41.5 Å². The first-order chi connectivity index (χ1) is 7.70. The highest BCUT2D eigenvalue weighted by atomic mass is 16.3. The lowest BCUT2D eigenvalue weighted by molar-refractivity contribution is 0.496. The quantitative estimate of drug-likeness (QED) is 0.857. The molecule has 0 unspecified atom stereocenters. The molecule has 0 atom stereocenters. The summed E-state index contributed by atoms with van der Waals surface area (Å²) in [4.78, 5) is 4.41. The highest BCUT2D eigenvalue weighted by Gasteiger charge is 2.07. The second kappa shape index (κ2) is 4.49. The monoisotopic (exact) mass is 216 g/mol. The number of hydrogen-bond donors (Lipinski definition) is 1. The van der Waals surface area contributed by atoms with Gasteiger partial charge in [-0.15, -0.1) is 0 Å². The number of nitrogens with zero attached hydrogens (tertiary/aromatic N) is 1. The third-order valence-electron chi connectivity index (χ3n) is 2.57. The zero-order chi connectivity index (χ0) is 11.5. The van der Waals surface area contributed by atoms with E-state index in [1.54, 1.807) is 6.26 Å². The molecule has 3 heteroatoms. The second-order valence-electron chi connectivity index (χ2n) is 3.98. The van der Waals surface area contributed by atoms with Crippen LogP contribution in [0.15, 0.2) is 28.9 Å². The summed E-state index contributed by atoms with van der Waals surface area (Å²) in [5.41, 5.74) is 9.94. The van der Waals surface area contributed by atoms with Crippen molar-refractivity contribution in [3.63, 3.8) is 0 Å². The maximum atomic E-state index is 5.46. The molecule has 84 valence electrons. The molecular weight excluding hydrogens is 200 g/mol. The molecule has 0 radical (unpaired) electrons. The molecule has 0 fully saturated rings. The van der Waals surface area contributed by atoms with E-state index < -0.39 is 0 Å². The second-order valence-corrected chi connectivity index (χ2v) is 3.98. The standard InChI is InChI=1S/C13H16N2O/c1-9-3-4-11(10(2)7-9)12-8-16-13(15-12)5-6-14/h3-4,7-8H,5-6,14H2,1-2H3. The van der Waals surface area contributed by atoms with Crippen molar-refractivity contribution in [3.8, 4) is 11.3 Å². The van der Waals surface area contributed by atoms with E-state index in [4.69, 9.17) is 10.2 Å². The molecule has 0 spiro atoms. The fraction of sp³-hybridized carbons (Fsp3) is 0.308. The summed E-state index contributed by atoms with van der Waals surface area (Å²) in [6, 6.07) is 6.31. The van der Waals surface area contributed by atoms with E-state index >= 15 is 0 Å². The predicted molar refractivity (Wildman–Crippen MR) is 64.2 cm³/mol. The first-order valence-corrected chi connectivity index (χ1v) is 5.43. The van der Waals surface area contributed by atoms with Gasteiger partial charge in [-0.05, 0) is 19.4 Å². The molecule has 2 aromatic rings. The van der Waals surface area contributed by atoms with Crippen molar-refractivity contribution in [2.45, 2.75) is 20.3 Å². The van der Waals surface area contributed by atoms with Crippen LogP contribution in [0.1, 0.15) is 17.0 Å². The van der Waals surface area contributed by atoms with E-state index in [-0.39, 0.29) is 0 Å². The van der Waals surface area contributed by atoms with E-state index in [0.717, 1.165) is 11.3 Å². The van der Waals surface area contributed by atoms with Gasteiger partial charge < -0.3 is 10.2 Å². The third kappa shape index (κ3) is 2.14. The topological polar surface area (TPSA) is 52.0 Å². The fourth-order valence-corrected chi connectivity index (χ4v) is 1.77. The van der Waals surface area contributed by atoms with Gasteiger partial charge in [0.1, 0.15) is 12.0 Å². The Labute approximate surface area is 95.3 Å². The first-order valence-electron chi connectivity index (χ1n) is 5.43. The van der Waals surface area contributed by atoms with E-state index in [0.29, 0.717) is 18.9 Å². The van der Waals surface area contributed by atoms with Crippen molar-refractivity contribution in [1.82, 2.24) is 4.98 Å². The van der Waals surface area contributed by atoms with Crippen molar-refractivity contribution in [1.29, 1.82) is 0 Å². The van der Waals surface area contributed by atoms with Gasteiger partial charge in [0.15, 0.2) is 5.89 Å². The van der Waals surface area contributed by atoms with Gasteiger partial charge in [-0.25, -0.2) is 4.98 Å². The lowest BCUT2D eigenvalue weighted by atomic mass is 10.0. The molecule has 1 aromatic heterocycles. The zero-order valence-electron chi connectivity index (χ0n) is 9.66. The van der Waals surface area contributed by atoms with E-state index in [1.165, 1.54) is 11.1 Å². The maximum absolute atomic E-state index is 5.46. The largest absolute Gasteiger partial charge is 0.448 e. The summed E-state index contributed by atoms with van der Waals surface area (Å²) in [7, 11) is 0. The predicted octanol–water partition coefficient (Wildman–Crippen LogP) is 2.46. The smallest absolute Gasteiger partial charge is 0.195 e. The van der Waals surface area contributed by atoms with Crippen LogP contribution in [-0.4, -0.2) is 11.5 Å². The SMILES string of the molecule is Cc1ccc(-c2coc(CCN)n2)c(C)c1. The normalized spacial score (nSPS) is 10.7. The lowest BCUT2D eigenvalue weighted by Crippen LogP contribution is -2.02. The molecular formula is C13H16N2O. The van der Waals surface area contributed by atoms with Crippen LogP contribution in [0.4, 0.5) is 0 Å². The Kier molecular flexibility index (Phi) is 3.06. The average Bonchev–Trinajstić information content (AvgIpc) is 2.67. The molecule has 0 aliphatic rings. The number of rotatable bonds is 3. The molecule has 16 heavy (non-hydrogen) atoms. The molecule has 0 bridgehead atoms. The minimum Gasteiger partial charge on any atom is -0.448 e. The van der Waals surface area contributed by atoms with Gasteiger partial charge in [-0.3, -0.25) is 0 Å². The van der Waals surface area contributed by atoms with Gasteiger partial charge in [-0.2, -0.15) is 0 Å². The Morgan fingerprint density at radius 3 is 2.81 bits per heavy atom. The van der Waals surface area contributed by atoms with Crippen molar-refractivity contribution in [2.75, 3.05) is 6.54 Å². The minimum absolute atomic E-state index is 0.562. The number of hydrogen-bond acceptors (Lipinski definition) is 3. The van der Waals surface area contributed by atoms with Crippen molar-refractivity contribution >= 4 is 0 Å². The Morgan fingerprint density at radius 1 is 1.31 bits per heavy atom. The number of nitrogens with two attached hydrogens (primary N) is 1. The molecule has 0 saturated carbocycles. The number of oxazole rings is 1. The third-order valence-corrected chi connectivity index (χ3v) is 2.57. The van der Waals surface area contributed by atoms with Gasteiger partial charge in [0.25, 0.3) is 0 Å². The Balaban J connectivity index is 2.35. The molecule has 2 N–H and O–H groups in total. The first kappa shape index (κ1) is 10.9. The molecule has 0 amide bonds. The Hall–Kier alpha value is -1.61. The van der Waals surface area contributed by atoms with Crippen molar-refractivity contribution < 1.29 is 4.42 Å². The van der Waals surface area contributed by atoms with Gasteiger partial charge in [-0.1, -0.05) is 23.8 Å². The summed E-state index contributed by atoms with van der Waals surface area (Å²) >= 11 is 0. The summed E-state index contributed by atoms with van der Waals surface area (Å²) in [5.74, 6) is 0.706. The fourth-order valence-electron chi connectivity index (χ4n) is 1.77. The van der Waals surface area contributed by atoms with Crippen LogP contribution in [0.3, 0.4) is 0 Å². The van der Waals surface area contributed by atoms with Crippen LogP contribution >= 0.6 is 0 Å². The van der Waals surface area contributed by atoms with Crippen LogP contribution < -0.4 is 5.73 Å². The van der Waals surface area contributed by atoms with Crippen LogP contribution in [0.2, 0.25) is 0 Å². The van der Waals surface area contributed by atoms with Crippen LogP contribution in [0.5, 0.6) is 0 Å². The van der Waals surface area contributed by atoms with E-state index in [9.17, 15) is 0 Å². The van der Waals surface area contributed by atoms with Gasteiger partial charge in [0.05, 0.1) is 0 Å². The molecule has 2 rings (SSSR count). The molecule has 0 saturated heterocycles. The van der Waals surface area contributed by atoms with Crippen LogP contribution in [0, 0.1) is 13.8 Å². The summed E-state index contributed by atoms with van der Waals surface area (Å²) in [6.45, 7) is 4.73. The van der Waals surface area contributed by atoms with Gasteiger partial charge >= 0.3 is 0 Å². The maximum Gasteiger partial charge on any atom is 0.195 e. The van der Waals surface area contributed by atoms with Crippen molar-refractivity contribution in [2.24, 2.45) is 5.73 Å². The Bertz CT molecular complexity index is 488. The van der Waals surface area contributed by atoms with E-state index in [2.05, 4.69) is 37.0 Å². The highest BCUT2D eigenvalue weighted by Crippen LogP contribution is 2.23. The molecule has 1 aromatic carbocycles. The number of aromatic nitrogens is 1. The summed E-state index contributed by atoms with van der Waals surface area (Å²) in [6.07, 6.45) is 2.38. The average molecular weight is 216 g/mol. The number of aryl methyl sites for hydroxylation is 2. The zero-order valence-corrected chi connectivity index (χ0v) is 9.66. The minimum atomic E-state index is 0.562. The number of benzene rings is 1. The molecule has 1 heterocycles. The molecule has 0 aliphatic carbocycles. The molecule has 3 nitrogen and oxygen atoms in total. The lowest BCUT2D eigenvalue weighted by Gasteiger charge is -2.02. The van der Waals surface area contributed by atoms with Crippen LogP contribution in [-0.2, 0) is 6.42 Å². The Morgan fingerprint density at radius 2 is 2.12 bits per heavy atom. The van der Waals surface area contributed by atoms with Gasteiger partial charge in [0.2, 0.25) is 0 Å². The van der Waals surface area contributed by atoms with Crippen LogP contribution in [0.25, 0.3) is 11.3 Å². The van der Waals surface area contributed by atoms with Gasteiger partial charge in [0, 0.05) is 18.5 Å². The summed E-state index contributed by atoms with van der Waals surface area (Å²) in [5, 5.41) is 0.